The predicted molar refractivity (Wildman–Crippen MR) is 73.4 cm³/mol. The van der Waals surface area contributed by atoms with Crippen LogP contribution in [-0.2, 0) is 11.8 Å². The SMILES string of the molecule is [2H]c1c([2H])c([2H])c2c(c1[2H])Cc1c-2c([2H])c([2H])c([2H])c1C(C)(C)C. The van der Waals surface area contributed by atoms with E-state index in [-0.39, 0.29) is 48.7 Å². The van der Waals surface area contributed by atoms with Crippen molar-refractivity contribution in [2.75, 3.05) is 0 Å². The van der Waals surface area contributed by atoms with Gasteiger partial charge in [-0.15, -0.1) is 0 Å². The lowest BCUT2D eigenvalue weighted by Gasteiger charge is -2.22. The van der Waals surface area contributed by atoms with Gasteiger partial charge in [-0.05, 0) is 39.7 Å². The third-order valence-electron chi connectivity index (χ3n) is 3.10. The van der Waals surface area contributed by atoms with Gasteiger partial charge in [-0.25, -0.2) is 0 Å². The number of hydrogen-bond acceptors (Lipinski definition) is 0. The summed E-state index contributed by atoms with van der Waals surface area (Å²) in [4.78, 5) is 0. The lowest BCUT2D eigenvalue weighted by atomic mass is 9.82. The van der Waals surface area contributed by atoms with Crippen molar-refractivity contribution in [2.45, 2.75) is 32.6 Å². The van der Waals surface area contributed by atoms with Crippen molar-refractivity contribution in [3.63, 3.8) is 0 Å². The molecule has 0 atom stereocenters. The summed E-state index contributed by atoms with van der Waals surface area (Å²) in [5.74, 6) is 0. The fraction of sp³-hybridized carbons (Fsp3) is 0.294. The van der Waals surface area contributed by atoms with Gasteiger partial charge in [0.25, 0.3) is 0 Å². The summed E-state index contributed by atoms with van der Waals surface area (Å²) in [7, 11) is 0. The second kappa shape index (κ2) is 3.46. The fourth-order valence-electron chi connectivity index (χ4n) is 2.32. The minimum absolute atomic E-state index is 0.00862. The maximum atomic E-state index is 8.28. The summed E-state index contributed by atoms with van der Waals surface area (Å²) < 4.78 is 56.8. The molecule has 0 heterocycles. The van der Waals surface area contributed by atoms with E-state index in [9.17, 15) is 0 Å². The number of rotatable bonds is 0. The van der Waals surface area contributed by atoms with Crippen molar-refractivity contribution in [3.05, 3.63) is 59.0 Å². The summed E-state index contributed by atoms with van der Waals surface area (Å²) in [5, 5.41) is 0. The van der Waals surface area contributed by atoms with Gasteiger partial charge < -0.3 is 0 Å². The third kappa shape index (κ3) is 1.59. The molecule has 0 spiro atoms. The topological polar surface area (TPSA) is 0 Å². The van der Waals surface area contributed by atoms with E-state index in [0.29, 0.717) is 27.8 Å². The van der Waals surface area contributed by atoms with E-state index in [1.165, 1.54) is 0 Å². The molecule has 0 nitrogen and oxygen atoms in total. The number of hydrogen-bond donors (Lipinski definition) is 0. The first-order chi connectivity index (χ1) is 11.0. The summed E-state index contributed by atoms with van der Waals surface area (Å²) in [6, 6.07) is -1.20. The summed E-state index contributed by atoms with van der Waals surface area (Å²) in [6.45, 7) is 5.80. The fourth-order valence-corrected chi connectivity index (χ4v) is 2.32. The maximum Gasteiger partial charge on any atom is 0.0629 e. The Bertz CT molecular complexity index is 892. The van der Waals surface area contributed by atoms with E-state index in [4.69, 9.17) is 9.60 Å². The molecule has 0 aromatic heterocycles. The quantitative estimate of drug-likeness (QED) is 0.530. The van der Waals surface area contributed by atoms with E-state index in [2.05, 4.69) is 0 Å². The van der Waals surface area contributed by atoms with Gasteiger partial charge in [0, 0.05) is 0 Å². The first-order valence-corrected chi connectivity index (χ1v) is 5.71. The standard InChI is InChI=1S/C17H18/c1-17(2,3)16-10-6-9-14-13-8-5-4-7-12(13)11-15(14)16/h4-10H,11H2,1-3H3/i4D,5D,6D,7D,8D,9D,10D. The van der Waals surface area contributed by atoms with Crippen LogP contribution in [0.15, 0.2) is 42.3 Å². The van der Waals surface area contributed by atoms with Gasteiger partial charge in [-0.3, -0.25) is 0 Å². The summed E-state index contributed by atoms with van der Waals surface area (Å²) in [6.07, 6.45) is 0.270. The molecular formula is C17H18. The molecule has 17 heavy (non-hydrogen) atoms. The first kappa shape index (κ1) is 5.39. The Morgan fingerprint density at radius 3 is 2.41 bits per heavy atom. The lowest BCUT2D eigenvalue weighted by molar-refractivity contribution is 0.585. The number of fused-ring (bicyclic) bond motifs is 3. The van der Waals surface area contributed by atoms with E-state index < -0.39 is 5.41 Å². The molecule has 2 aromatic carbocycles. The Balaban J connectivity index is 2.51. The van der Waals surface area contributed by atoms with Crippen molar-refractivity contribution < 1.29 is 9.60 Å². The minimum Gasteiger partial charge on any atom is -0.0619 e. The van der Waals surface area contributed by atoms with Crippen LogP contribution in [0, 0.1) is 0 Å². The molecule has 2 aromatic rings. The minimum atomic E-state index is -0.426. The van der Waals surface area contributed by atoms with E-state index in [0.717, 1.165) is 0 Å². The Morgan fingerprint density at radius 1 is 0.941 bits per heavy atom. The highest BCUT2D eigenvalue weighted by Gasteiger charge is 2.25. The van der Waals surface area contributed by atoms with Crippen LogP contribution in [0.25, 0.3) is 11.1 Å². The molecule has 86 valence electrons. The van der Waals surface area contributed by atoms with Gasteiger partial charge in [0.1, 0.15) is 0 Å². The highest BCUT2D eigenvalue weighted by molar-refractivity contribution is 5.78. The average molecular weight is 229 g/mol. The van der Waals surface area contributed by atoms with Gasteiger partial charge in [0.05, 0.1) is 9.60 Å². The van der Waals surface area contributed by atoms with Crippen molar-refractivity contribution in [1.82, 2.24) is 0 Å². The Kier molecular flexibility index (Phi) is 1.10. The van der Waals surface area contributed by atoms with Gasteiger partial charge in [0.15, 0.2) is 0 Å². The maximum absolute atomic E-state index is 8.28. The largest absolute Gasteiger partial charge is 0.0629 e. The first-order valence-electron chi connectivity index (χ1n) is 9.21. The van der Waals surface area contributed by atoms with Crippen molar-refractivity contribution >= 4 is 0 Å². The second-order valence-corrected chi connectivity index (χ2v) is 5.38. The Labute approximate surface area is 113 Å². The van der Waals surface area contributed by atoms with Crippen LogP contribution in [0.2, 0.25) is 0 Å². The molecule has 0 N–H and O–H groups in total. The molecule has 1 aliphatic carbocycles. The van der Waals surface area contributed by atoms with E-state index >= 15 is 0 Å². The zero-order valence-corrected chi connectivity index (χ0v) is 10.2. The molecule has 0 radical (unpaired) electrons. The highest BCUT2D eigenvalue weighted by Crippen LogP contribution is 2.41. The van der Waals surface area contributed by atoms with Gasteiger partial charge in [0.2, 0.25) is 0 Å². The van der Waals surface area contributed by atoms with Crippen molar-refractivity contribution in [3.8, 4) is 11.1 Å². The molecule has 0 amide bonds. The average Bonchev–Trinajstić information content (AvgIpc) is 2.87. The van der Waals surface area contributed by atoms with Crippen LogP contribution in [0.4, 0.5) is 0 Å². The van der Waals surface area contributed by atoms with E-state index in [1.807, 2.05) is 20.8 Å². The molecule has 0 aliphatic heterocycles. The monoisotopic (exact) mass is 229 g/mol. The van der Waals surface area contributed by atoms with Crippen molar-refractivity contribution in [2.24, 2.45) is 0 Å². The van der Waals surface area contributed by atoms with Gasteiger partial charge >= 0.3 is 0 Å². The molecule has 0 heteroatoms. The molecular weight excluding hydrogens is 204 g/mol. The second-order valence-electron chi connectivity index (χ2n) is 5.38. The third-order valence-corrected chi connectivity index (χ3v) is 3.10. The molecule has 0 saturated heterocycles. The molecule has 0 unspecified atom stereocenters. The normalized spacial score (nSPS) is 19.1. The molecule has 1 aliphatic rings. The van der Waals surface area contributed by atoms with Crippen LogP contribution >= 0.6 is 0 Å². The predicted octanol–water partition coefficient (Wildman–Crippen LogP) is 4.56. The van der Waals surface area contributed by atoms with Crippen LogP contribution in [-0.4, -0.2) is 0 Å². The van der Waals surface area contributed by atoms with Crippen LogP contribution in [0.1, 0.15) is 47.1 Å². The highest BCUT2D eigenvalue weighted by atomic mass is 14.3. The number of benzene rings is 2. The van der Waals surface area contributed by atoms with Crippen LogP contribution < -0.4 is 0 Å². The summed E-state index contributed by atoms with van der Waals surface area (Å²) in [5.41, 5.74) is 2.08. The molecule has 0 saturated carbocycles. The summed E-state index contributed by atoms with van der Waals surface area (Å²) >= 11 is 0. The van der Waals surface area contributed by atoms with Crippen LogP contribution in [0.5, 0.6) is 0 Å². The zero-order chi connectivity index (χ0) is 18.1. The Morgan fingerprint density at radius 2 is 1.65 bits per heavy atom. The van der Waals surface area contributed by atoms with Gasteiger partial charge in [-0.2, -0.15) is 0 Å². The molecule has 3 rings (SSSR count). The molecule has 0 fully saturated rings. The molecule has 0 bridgehead atoms. The van der Waals surface area contributed by atoms with Crippen molar-refractivity contribution in [1.29, 1.82) is 0 Å². The van der Waals surface area contributed by atoms with Gasteiger partial charge in [-0.1, -0.05) is 63.1 Å². The van der Waals surface area contributed by atoms with E-state index in [1.54, 1.807) is 0 Å². The lowest BCUT2D eigenvalue weighted by Crippen LogP contribution is -2.13. The Hall–Kier alpha value is -1.56. The zero-order valence-electron chi connectivity index (χ0n) is 17.2. The smallest absolute Gasteiger partial charge is 0.0619 e. The van der Waals surface area contributed by atoms with Crippen LogP contribution in [0.3, 0.4) is 0 Å².